The zero-order valence-electron chi connectivity index (χ0n) is 10.1. The highest BCUT2D eigenvalue weighted by molar-refractivity contribution is 8.45. The number of halogens is 5. The molecule has 0 heterocycles. The number of rotatable bonds is 1. The van der Waals surface area contributed by atoms with Gasteiger partial charge in [0, 0.05) is 11.4 Å². The Morgan fingerprint density at radius 1 is 0.650 bits per heavy atom. The third-order valence-corrected chi connectivity index (χ3v) is 3.25. The van der Waals surface area contributed by atoms with E-state index in [1.807, 2.05) is 30.3 Å². The molecule has 2 rings (SSSR count). The average Bonchev–Trinajstić information content (AvgIpc) is 2.28. The molecular formula is C12H13F5N2S. The lowest BCUT2D eigenvalue weighted by Gasteiger charge is -2.40. The maximum Gasteiger partial charge on any atom is 0.310 e. The molecule has 0 aliphatic heterocycles. The zero-order valence-corrected chi connectivity index (χ0v) is 11.0. The molecule has 8 heteroatoms. The SMILES string of the molecule is Nc1cccc(S(F)(F)(F)(F)F)c1.Nc1ccccc1. The summed E-state index contributed by atoms with van der Waals surface area (Å²) in [6.45, 7) is 0. The number of nitrogens with two attached hydrogens (primary N) is 2. The Kier molecular flexibility index (Phi) is 3.66. The van der Waals surface area contributed by atoms with Crippen LogP contribution in [-0.4, -0.2) is 0 Å². The van der Waals surface area contributed by atoms with Crippen LogP contribution in [0, 0.1) is 0 Å². The van der Waals surface area contributed by atoms with Gasteiger partial charge in [-0.3, -0.25) is 0 Å². The summed E-state index contributed by atoms with van der Waals surface area (Å²) in [6.07, 6.45) is 0. The van der Waals surface area contributed by atoms with Crippen LogP contribution in [0.25, 0.3) is 0 Å². The standard InChI is InChI=1S/C6H6F5NS.C6H7N/c7-13(8,9,10,11)6-3-1-2-5(12)4-6;7-6-4-2-1-3-5-6/h1-4H,12H2;1-5H,7H2. The van der Waals surface area contributed by atoms with E-state index < -0.39 is 15.1 Å². The van der Waals surface area contributed by atoms with Crippen molar-refractivity contribution in [3.8, 4) is 0 Å². The summed E-state index contributed by atoms with van der Waals surface area (Å²) >= 11 is 0. The molecule has 0 aliphatic rings. The third-order valence-electron chi connectivity index (χ3n) is 2.10. The Balaban J connectivity index is 0.000000240. The third kappa shape index (κ3) is 5.35. The van der Waals surface area contributed by atoms with Crippen LogP contribution in [0.1, 0.15) is 0 Å². The summed E-state index contributed by atoms with van der Waals surface area (Å²) < 4.78 is 60.4. The lowest BCUT2D eigenvalue weighted by atomic mass is 10.3. The van der Waals surface area contributed by atoms with Crippen LogP contribution < -0.4 is 11.5 Å². The Labute approximate surface area is 112 Å². The lowest BCUT2D eigenvalue weighted by molar-refractivity contribution is 0.364. The van der Waals surface area contributed by atoms with Gasteiger partial charge in [-0.25, -0.2) is 0 Å². The number of hydrogen-bond acceptors (Lipinski definition) is 2. The summed E-state index contributed by atoms with van der Waals surface area (Å²) in [5.74, 6) is 0. The quantitative estimate of drug-likeness (QED) is 0.562. The van der Waals surface area contributed by atoms with Gasteiger partial charge in [0.05, 0.1) is 0 Å². The number of nitrogen functional groups attached to an aromatic ring is 2. The van der Waals surface area contributed by atoms with E-state index in [4.69, 9.17) is 11.5 Å². The summed E-state index contributed by atoms with van der Waals surface area (Å²) in [6, 6.07) is 12.0. The summed E-state index contributed by atoms with van der Waals surface area (Å²) in [5.41, 5.74) is 10.8. The van der Waals surface area contributed by atoms with Crippen LogP contribution in [0.3, 0.4) is 0 Å². The largest absolute Gasteiger partial charge is 0.399 e. The zero-order chi connectivity index (χ0) is 15.5. The minimum absolute atomic E-state index is 0.224. The number of hydrogen-bond donors (Lipinski definition) is 2. The van der Waals surface area contributed by atoms with E-state index in [9.17, 15) is 19.4 Å². The fourth-order valence-electron chi connectivity index (χ4n) is 1.21. The fraction of sp³-hybridized carbons (Fsp3) is 0. The van der Waals surface area contributed by atoms with Gasteiger partial charge >= 0.3 is 10.2 Å². The van der Waals surface area contributed by atoms with Crippen molar-refractivity contribution in [3.05, 3.63) is 54.6 Å². The Hall–Kier alpha value is -1.96. The molecule has 0 aliphatic carbocycles. The van der Waals surface area contributed by atoms with Gasteiger partial charge < -0.3 is 11.5 Å². The molecule has 20 heavy (non-hydrogen) atoms. The fourth-order valence-corrected chi connectivity index (χ4v) is 1.90. The van der Waals surface area contributed by atoms with E-state index >= 15 is 0 Å². The average molecular weight is 312 g/mol. The molecule has 4 N–H and O–H groups in total. The highest BCUT2D eigenvalue weighted by Crippen LogP contribution is 3.02. The second-order valence-electron chi connectivity index (χ2n) is 3.95. The van der Waals surface area contributed by atoms with Crippen LogP contribution in [0.2, 0.25) is 0 Å². The van der Waals surface area contributed by atoms with Crippen molar-refractivity contribution in [2.75, 3.05) is 11.5 Å². The molecule has 0 radical (unpaired) electrons. The lowest BCUT2D eigenvalue weighted by Crippen LogP contribution is -2.06. The molecule has 0 saturated heterocycles. The van der Waals surface area contributed by atoms with E-state index in [0.717, 1.165) is 17.8 Å². The van der Waals surface area contributed by atoms with Crippen molar-refractivity contribution in [1.82, 2.24) is 0 Å². The van der Waals surface area contributed by atoms with E-state index in [2.05, 4.69) is 0 Å². The molecule has 2 aromatic rings. The molecule has 0 fully saturated rings. The molecule has 0 aromatic heterocycles. The molecule has 0 spiro atoms. The molecule has 0 saturated carbocycles. The molecule has 2 aromatic carbocycles. The predicted octanol–water partition coefficient (Wildman–Crippen LogP) is 5.20. The molecule has 0 bridgehead atoms. The Morgan fingerprint density at radius 2 is 1.15 bits per heavy atom. The minimum Gasteiger partial charge on any atom is -0.399 e. The topological polar surface area (TPSA) is 52.0 Å². The van der Waals surface area contributed by atoms with Crippen molar-refractivity contribution in [2.45, 2.75) is 4.90 Å². The predicted molar refractivity (Wildman–Crippen MR) is 73.1 cm³/mol. The smallest absolute Gasteiger partial charge is 0.310 e. The van der Waals surface area contributed by atoms with E-state index in [0.29, 0.717) is 6.07 Å². The van der Waals surface area contributed by atoms with Gasteiger partial charge in [-0.1, -0.05) is 43.7 Å². The molecule has 2 nitrogen and oxygen atoms in total. The summed E-state index contributed by atoms with van der Waals surface area (Å²) in [7, 11) is -9.54. The first-order valence-corrected chi connectivity index (χ1v) is 7.24. The first-order valence-electron chi connectivity index (χ1n) is 5.29. The van der Waals surface area contributed by atoms with Crippen LogP contribution in [-0.2, 0) is 0 Å². The van der Waals surface area contributed by atoms with Gasteiger partial charge in [0.25, 0.3) is 0 Å². The van der Waals surface area contributed by atoms with Gasteiger partial charge in [0.15, 0.2) is 0 Å². The van der Waals surface area contributed by atoms with Crippen molar-refractivity contribution < 1.29 is 19.4 Å². The number of para-hydroxylation sites is 1. The van der Waals surface area contributed by atoms with Crippen LogP contribution >= 0.6 is 10.2 Å². The number of anilines is 2. The first-order chi connectivity index (χ1) is 8.88. The van der Waals surface area contributed by atoms with E-state index in [1.165, 1.54) is 0 Å². The molecular weight excluding hydrogens is 299 g/mol. The Morgan fingerprint density at radius 3 is 1.45 bits per heavy atom. The second-order valence-corrected chi connectivity index (χ2v) is 6.36. The molecule has 0 unspecified atom stereocenters. The first kappa shape index (κ1) is 16.1. The van der Waals surface area contributed by atoms with Crippen molar-refractivity contribution in [2.24, 2.45) is 0 Å². The van der Waals surface area contributed by atoms with Crippen LogP contribution in [0.5, 0.6) is 0 Å². The van der Waals surface area contributed by atoms with Crippen LogP contribution in [0.4, 0.5) is 30.8 Å². The van der Waals surface area contributed by atoms with E-state index in [1.54, 1.807) is 0 Å². The highest BCUT2D eigenvalue weighted by Gasteiger charge is 2.65. The molecule has 0 amide bonds. The molecule has 0 atom stereocenters. The van der Waals surface area contributed by atoms with Gasteiger partial charge in [-0.05, 0) is 30.3 Å². The summed E-state index contributed by atoms with van der Waals surface area (Å²) in [4.78, 5) is -1.96. The Bertz CT molecular complexity index is 583. The van der Waals surface area contributed by atoms with Crippen molar-refractivity contribution in [3.63, 3.8) is 0 Å². The maximum atomic E-state index is 12.1. The van der Waals surface area contributed by atoms with Gasteiger partial charge in [0.1, 0.15) is 4.90 Å². The minimum atomic E-state index is -9.54. The normalized spacial score (nSPS) is 14.4. The summed E-state index contributed by atoms with van der Waals surface area (Å²) in [5, 5.41) is 0. The second kappa shape index (κ2) is 4.55. The maximum absolute atomic E-state index is 12.1. The van der Waals surface area contributed by atoms with Crippen LogP contribution in [0.15, 0.2) is 59.5 Å². The van der Waals surface area contributed by atoms with E-state index in [-0.39, 0.29) is 11.8 Å². The van der Waals surface area contributed by atoms with Crippen molar-refractivity contribution >= 4 is 21.6 Å². The molecule has 112 valence electrons. The van der Waals surface area contributed by atoms with Crippen molar-refractivity contribution in [1.29, 1.82) is 0 Å². The van der Waals surface area contributed by atoms with Gasteiger partial charge in [0.2, 0.25) is 0 Å². The monoisotopic (exact) mass is 312 g/mol. The number of benzene rings is 2. The highest BCUT2D eigenvalue weighted by atomic mass is 32.5. The van der Waals surface area contributed by atoms with Gasteiger partial charge in [-0.2, -0.15) is 0 Å². The van der Waals surface area contributed by atoms with Gasteiger partial charge in [-0.15, -0.1) is 0 Å².